The number of allylic oxidation sites excluding steroid dienone is 1. The zero-order chi connectivity index (χ0) is 14.0. The van der Waals surface area contributed by atoms with E-state index < -0.39 is 5.79 Å². The molecule has 1 aliphatic rings. The fraction of sp³-hybridized carbons (Fsp3) is 0.429. The molecule has 0 saturated heterocycles. The van der Waals surface area contributed by atoms with Gasteiger partial charge >= 0.3 is 0 Å². The highest BCUT2D eigenvalue weighted by Gasteiger charge is 2.29. The molecule has 5 heteroatoms. The highest BCUT2D eigenvalue weighted by Crippen LogP contribution is 2.18. The summed E-state index contributed by atoms with van der Waals surface area (Å²) in [4.78, 5) is 8.71. The van der Waals surface area contributed by atoms with Crippen LogP contribution >= 0.6 is 0 Å². The van der Waals surface area contributed by atoms with Gasteiger partial charge in [0.15, 0.2) is 5.79 Å². The third kappa shape index (κ3) is 2.93. The summed E-state index contributed by atoms with van der Waals surface area (Å²) in [5.41, 5.74) is 16.2. The molecule has 0 aromatic carbocycles. The van der Waals surface area contributed by atoms with Crippen LogP contribution in [-0.4, -0.2) is 16.6 Å². The Morgan fingerprint density at radius 3 is 2.74 bits per heavy atom. The SMILES string of the molecule is CCc1ccnc(CC2(N)N=C(N)C(C)=C(C)N2)c1. The summed E-state index contributed by atoms with van der Waals surface area (Å²) in [6.45, 7) is 5.99. The van der Waals surface area contributed by atoms with E-state index in [9.17, 15) is 0 Å². The van der Waals surface area contributed by atoms with Gasteiger partial charge in [-0.1, -0.05) is 6.92 Å². The lowest BCUT2D eigenvalue weighted by Gasteiger charge is -2.32. The number of pyridine rings is 1. The number of amidine groups is 1. The van der Waals surface area contributed by atoms with Crippen molar-refractivity contribution in [2.75, 3.05) is 0 Å². The summed E-state index contributed by atoms with van der Waals surface area (Å²) >= 11 is 0. The first-order chi connectivity index (χ1) is 8.93. The van der Waals surface area contributed by atoms with E-state index >= 15 is 0 Å². The molecule has 19 heavy (non-hydrogen) atoms. The molecule has 1 unspecified atom stereocenters. The van der Waals surface area contributed by atoms with Gasteiger partial charge in [-0.2, -0.15) is 0 Å². The first kappa shape index (κ1) is 13.5. The topological polar surface area (TPSA) is 89.3 Å². The number of nitrogens with one attached hydrogen (secondary N) is 1. The minimum absolute atomic E-state index is 0.491. The van der Waals surface area contributed by atoms with E-state index in [1.54, 1.807) is 6.20 Å². The summed E-state index contributed by atoms with van der Waals surface area (Å²) < 4.78 is 0. The number of hydrogen-bond acceptors (Lipinski definition) is 5. The minimum atomic E-state index is -0.910. The van der Waals surface area contributed by atoms with Crippen molar-refractivity contribution in [2.45, 2.75) is 39.4 Å². The van der Waals surface area contributed by atoms with Gasteiger partial charge in [-0.25, -0.2) is 4.99 Å². The van der Waals surface area contributed by atoms with E-state index in [1.807, 2.05) is 19.9 Å². The Morgan fingerprint density at radius 2 is 2.11 bits per heavy atom. The van der Waals surface area contributed by atoms with E-state index in [0.29, 0.717) is 12.3 Å². The van der Waals surface area contributed by atoms with Gasteiger partial charge in [-0.15, -0.1) is 0 Å². The second kappa shape index (κ2) is 5.01. The van der Waals surface area contributed by atoms with Gasteiger partial charge < -0.3 is 11.1 Å². The van der Waals surface area contributed by atoms with E-state index in [0.717, 1.165) is 23.4 Å². The smallest absolute Gasteiger partial charge is 0.189 e. The lowest BCUT2D eigenvalue weighted by Crippen LogP contribution is -2.56. The fourth-order valence-electron chi connectivity index (χ4n) is 2.14. The van der Waals surface area contributed by atoms with E-state index in [1.165, 1.54) is 5.56 Å². The minimum Gasteiger partial charge on any atom is -0.384 e. The zero-order valence-electron chi connectivity index (χ0n) is 11.7. The van der Waals surface area contributed by atoms with E-state index in [4.69, 9.17) is 11.5 Å². The molecule has 102 valence electrons. The standard InChI is InChI=1S/C14H21N5/c1-4-11-5-6-17-12(7-11)8-14(16)18-10(3)9(2)13(15)19-14/h5-7,18H,4,8,16H2,1-3H3,(H2,15,19). The highest BCUT2D eigenvalue weighted by molar-refractivity contribution is 5.97. The third-order valence-electron chi connectivity index (χ3n) is 3.41. The maximum atomic E-state index is 6.27. The molecule has 0 aliphatic carbocycles. The van der Waals surface area contributed by atoms with Crippen molar-refractivity contribution < 1.29 is 0 Å². The van der Waals surface area contributed by atoms with Crippen LogP contribution in [0.15, 0.2) is 34.6 Å². The molecule has 1 aromatic rings. The van der Waals surface area contributed by atoms with Gasteiger partial charge in [0.25, 0.3) is 0 Å². The van der Waals surface area contributed by atoms with Crippen LogP contribution in [-0.2, 0) is 12.8 Å². The number of nitrogens with two attached hydrogens (primary N) is 2. The number of nitrogens with zero attached hydrogens (tertiary/aromatic N) is 2. The molecule has 1 atom stereocenters. The third-order valence-corrected chi connectivity index (χ3v) is 3.41. The molecule has 0 radical (unpaired) electrons. The Morgan fingerprint density at radius 1 is 1.37 bits per heavy atom. The Labute approximate surface area is 113 Å². The second-order valence-electron chi connectivity index (χ2n) is 4.98. The lowest BCUT2D eigenvalue weighted by molar-refractivity contribution is 0.371. The van der Waals surface area contributed by atoms with Crippen LogP contribution < -0.4 is 16.8 Å². The molecule has 1 aromatic heterocycles. The van der Waals surface area contributed by atoms with Gasteiger partial charge in [0, 0.05) is 29.6 Å². The van der Waals surface area contributed by atoms with Crippen molar-refractivity contribution in [3.8, 4) is 0 Å². The molecule has 0 bridgehead atoms. The largest absolute Gasteiger partial charge is 0.384 e. The van der Waals surface area contributed by atoms with Gasteiger partial charge in [0.05, 0.1) is 0 Å². The van der Waals surface area contributed by atoms with Gasteiger partial charge in [-0.05, 0) is 38.0 Å². The van der Waals surface area contributed by atoms with Crippen molar-refractivity contribution in [3.63, 3.8) is 0 Å². The molecule has 2 rings (SSSR count). The van der Waals surface area contributed by atoms with Crippen molar-refractivity contribution >= 4 is 5.84 Å². The predicted octanol–water partition coefficient (Wildman–Crippen LogP) is 1.05. The second-order valence-corrected chi connectivity index (χ2v) is 4.98. The summed E-state index contributed by atoms with van der Waals surface area (Å²) in [5.74, 6) is -0.419. The van der Waals surface area contributed by atoms with Crippen molar-refractivity contribution in [1.29, 1.82) is 0 Å². The summed E-state index contributed by atoms with van der Waals surface area (Å²) in [5, 5.41) is 3.21. The lowest BCUT2D eigenvalue weighted by atomic mass is 10.1. The van der Waals surface area contributed by atoms with Gasteiger partial charge in [-0.3, -0.25) is 10.7 Å². The van der Waals surface area contributed by atoms with E-state index in [-0.39, 0.29) is 0 Å². The molecule has 0 amide bonds. The number of rotatable bonds is 3. The average molecular weight is 259 g/mol. The van der Waals surface area contributed by atoms with Crippen LogP contribution in [0.4, 0.5) is 0 Å². The number of aromatic nitrogens is 1. The fourth-order valence-corrected chi connectivity index (χ4v) is 2.14. The van der Waals surface area contributed by atoms with Crippen molar-refractivity contribution in [3.05, 3.63) is 40.9 Å². The Bertz CT molecular complexity index is 547. The van der Waals surface area contributed by atoms with Crippen LogP contribution in [0, 0.1) is 0 Å². The van der Waals surface area contributed by atoms with Crippen LogP contribution in [0.5, 0.6) is 0 Å². The number of aliphatic imine (C=N–C) groups is 1. The zero-order valence-corrected chi connectivity index (χ0v) is 11.7. The maximum Gasteiger partial charge on any atom is 0.189 e. The normalized spacial score (nSPS) is 23.1. The van der Waals surface area contributed by atoms with Crippen LogP contribution in [0.3, 0.4) is 0 Å². The molecule has 0 fully saturated rings. The Hall–Kier alpha value is -1.88. The maximum absolute atomic E-state index is 6.27. The molecule has 5 nitrogen and oxygen atoms in total. The first-order valence-corrected chi connectivity index (χ1v) is 6.47. The van der Waals surface area contributed by atoms with Gasteiger partial charge in [0.1, 0.15) is 5.84 Å². The first-order valence-electron chi connectivity index (χ1n) is 6.47. The highest BCUT2D eigenvalue weighted by atomic mass is 15.3. The molecular weight excluding hydrogens is 238 g/mol. The van der Waals surface area contributed by atoms with Crippen molar-refractivity contribution in [1.82, 2.24) is 10.3 Å². The average Bonchev–Trinajstić information content (AvgIpc) is 2.35. The molecule has 2 heterocycles. The van der Waals surface area contributed by atoms with Crippen LogP contribution in [0.2, 0.25) is 0 Å². The molecule has 0 spiro atoms. The van der Waals surface area contributed by atoms with Crippen molar-refractivity contribution in [2.24, 2.45) is 16.5 Å². The summed E-state index contributed by atoms with van der Waals surface area (Å²) in [6, 6.07) is 4.07. The Kier molecular flexibility index (Phi) is 3.57. The van der Waals surface area contributed by atoms with E-state index in [2.05, 4.69) is 28.3 Å². The van der Waals surface area contributed by atoms with Gasteiger partial charge in [0.2, 0.25) is 0 Å². The summed E-state index contributed by atoms with van der Waals surface area (Å²) in [6.07, 6.45) is 3.29. The van der Waals surface area contributed by atoms with Crippen LogP contribution in [0.1, 0.15) is 32.0 Å². The predicted molar refractivity (Wildman–Crippen MR) is 77.4 cm³/mol. The molecular formula is C14H21N5. The molecule has 0 saturated carbocycles. The monoisotopic (exact) mass is 259 g/mol. The summed E-state index contributed by atoms with van der Waals surface area (Å²) in [7, 11) is 0. The molecule has 5 N–H and O–H groups in total. The molecule has 1 aliphatic heterocycles. The van der Waals surface area contributed by atoms with Crippen LogP contribution in [0.25, 0.3) is 0 Å². The Balaban J connectivity index is 2.23. The quantitative estimate of drug-likeness (QED) is 0.757. The number of aryl methyl sites for hydroxylation is 1. The number of hydrogen-bond donors (Lipinski definition) is 3.